The van der Waals surface area contributed by atoms with E-state index in [0.29, 0.717) is 17.5 Å². The molecule has 0 fully saturated rings. The number of rotatable bonds is 8. The Balaban J connectivity index is 2.62. The highest BCUT2D eigenvalue weighted by atomic mass is 15.1. The fourth-order valence-corrected chi connectivity index (χ4v) is 2.72. The minimum atomic E-state index is 0.311. The second-order valence-corrected chi connectivity index (χ2v) is 7.31. The van der Waals surface area contributed by atoms with E-state index in [1.165, 1.54) is 12.0 Å². The fraction of sp³-hybridized carbons (Fsp3) is 0.684. The van der Waals surface area contributed by atoms with Gasteiger partial charge in [0.1, 0.15) is 0 Å². The van der Waals surface area contributed by atoms with Crippen LogP contribution in [0.3, 0.4) is 0 Å². The predicted molar refractivity (Wildman–Crippen MR) is 93.5 cm³/mol. The van der Waals surface area contributed by atoms with Crippen LogP contribution in [0.2, 0.25) is 0 Å². The molecule has 1 atom stereocenters. The first-order valence-corrected chi connectivity index (χ1v) is 8.36. The SMILES string of the molecule is CCNC(CCN(Cc1ccccc1)C(C)C)C(C)(C)C. The van der Waals surface area contributed by atoms with Crippen molar-refractivity contribution in [2.45, 2.75) is 66.6 Å². The molecule has 0 aliphatic rings. The van der Waals surface area contributed by atoms with Gasteiger partial charge in [0.2, 0.25) is 0 Å². The maximum absolute atomic E-state index is 3.65. The van der Waals surface area contributed by atoms with Crippen LogP contribution in [0.25, 0.3) is 0 Å². The maximum atomic E-state index is 3.65. The largest absolute Gasteiger partial charge is 0.314 e. The van der Waals surface area contributed by atoms with Gasteiger partial charge in [-0.05, 0) is 37.8 Å². The summed E-state index contributed by atoms with van der Waals surface area (Å²) in [4.78, 5) is 2.57. The summed E-state index contributed by atoms with van der Waals surface area (Å²) in [5.41, 5.74) is 1.72. The molecule has 0 bridgehead atoms. The molecule has 0 radical (unpaired) electrons. The zero-order chi connectivity index (χ0) is 15.9. The van der Waals surface area contributed by atoms with E-state index in [2.05, 4.69) is 82.1 Å². The Labute approximate surface area is 131 Å². The topological polar surface area (TPSA) is 15.3 Å². The molecule has 0 aliphatic carbocycles. The smallest absolute Gasteiger partial charge is 0.0236 e. The predicted octanol–water partition coefficient (Wildman–Crippen LogP) is 4.31. The molecule has 0 saturated carbocycles. The number of nitrogens with one attached hydrogen (secondary N) is 1. The van der Waals surface area contributed by atoms with Crippen LogP contribution in [0.5, 0.6) is 0 Å². The average Bonchev–Trinajstić information content (AvgIpc) is 2.41. The van der Waals surface area contributed by atoms with Gasteiger partial charge in [0.15, 0.2) is 0 Å². The van der Waals surface area contributed by atoms with Gasteiger partial charge < -0.3 is 5.32 Å². The van der Waals surface area contributed by atoms with E-state index >= 15 is 0 Å². The van der Waals surface area contributed by atoms with Gasteiger partial charge >= 0.3 is 0 Å². The molecule has 0 aliphatic heterocycles. The lowest BCUT2D eigenvalue weighted by Crippen LogP contribution is -2.43. The molecule has 1 aromatic rings. The number of benzene rings is 1. The van der Waals surface area contributed by atoms with Crippen LogP contribution in [0.15, 0.2) is 30.3 Å². The van der Waals surface area contributed by atoms with Crippen molar-refractivity contribution >= 4 is 0 Å². The van der Waals surface area contributed by atoms with Gasteiger partial charge in [-0.1, -0.05) is 58.0 Å². The van der Waals surface area contributed by atoms with Crippen molar-refractivity contribution in [3.63, 3.8) is 0 Å². The first-order chi connectivity index (χ1) is 9.84. The molecule has 2 heteroatoms. The van der Waals surface area contributed by atoms with Gasteiger partial charge in [0.05, 0.1) is 0 Å². The summed E-state index contributed by atoms with van der Waals surface area (Å²) in [6.07, 6.45) is 1.20. The molecule has 0 aromatic heterocycles. The van der Waals surface area contributed by atoms with E-state index < -0.39 is 0 Å². The normalized spacial score (nSPS) is 13.9. The van der Waals surface area contributed by atoms with E-state index in [1.807, 2.05) is 0 Å². The zero-order valence-corrected chi connectivity index (χ0v) is 14.8. The Kier molecular flexibility index (Phi) is 7.41. The van der Waals surface area contributed by atoms with E-state index in [-0.39, 0.29) is 0 Å². The molecule has 1 unspecified atom stereocenters. The molecule has 0 spiro atoms. The first kappa shape index (κ1) is 18.2. The van der Waals surface area contributed by atoms with Crippen LogP contribution < -0.4 is 5.32 Å². The molecule has 1 aromatic carbocycles. The van der Waals surface area contributed by atoms with Crippen LogP contribution in [0, 0.1) is 5.41 Å². The Bertz CT molecular complexity index is 378. The van der Waals surface area contributed by atoms with Crippen molar-refractivity contribution in [1.29, 1.82) is 0 Å². The lowest BCUT2D eigenvalue weighted by molar-refractivity contribution is 0.173. The van der Waals surface area contributed by atoms with Crippen molar-refractivity contribution in [1.82, 2.24) is 10.2 Å². The molecule has 21 heavy (non-hydrogen) atoms. The summed E-state index contributed by atoms with van der Waals surface area (Å²) in [5.74, 6) is 0. The summed E-state index contributed by atoms with van der Waals surface area (Å²) in [6, 6.07) is 11.9. The van der Waals surface area contributed by atoms with Gasteiger partial charge in [0.25, 0.3) is 0 Å². The van der Waals surface area contributed by atoms with Gasteiger partial charge in [-0.25, -0.2) is 0 Å². The molecule has 2 nitrogen and oxygen atoms in total. The van der Waals surface area contributed by atoms with Crippen LogP contribution >= 0.6 is 0 Å². The molecule has 1 rings (SSSR count). The monoisotopic (exact) mass is 290 g/mol. The van der Waals surface area contributed by atoms with Crippen LogP contribution in [-0.2, 0) is 6.54 Å². The minimum absolute atomic E-state index is 0.311. The molecular weight excluding hydrogens is 256 g/mol. The molecule has 0 saturated heterocycles. The summed E-state index contributed by atoms with van der Waals surface area (Å²) < 4.78 is 0. The summed E-state index contributed by atoms with van der Waals surface area (Å²) in [5, 5.41) is 3.65. The molecule has 120 valence electrons. The number of nitrogens with zero attached hydrogens (tertiary/aromatic N) is 1. The first-order valence-electron chi connectivity index (χ1n) is 8.36. The van der Waals surface area contributed by atoms with Gasteiger partial charge in [0, 0.05) is 25.2 Å². The Morgan fingerprint density at radius 1 is 1.10 bits per heavy atom. The fourth-order valence-electron chi connectivity index (χ4n) is 2.72. The van der Waals surface area contributed by atoms with Crippen LogP contribution in [-0.4, -0.2) is 30.1 Å². The van der Waals surface area contributed by atoms with Crippen molar-refractivity contribution in [2.24, 2.45) is 5.41 Å². The highest BCUT2D eigenvalue weighted by molar-refractivity contribution is 5.14. The standard InChI is InChI=1S/C19H34N2/c1-7-20-18(19(4,5)6)13-14-21(16(2)3)15-17-11-9-8-10-12-17/h8-12,16,18,20H,7,13-15H2,1-6H3. The number of hydrogen-bond acceptors (Lipinski definition) is 2. The Hall–Kier alpha value is -0.860. The molecular formula is C19H34N2. The van der Waals surface area contributed by atoms with E-state index in [1.54, 1.807) is 0 Å². The summed E-state index contributed by atoms with van der Waals surface area (Å²) >= 11 is 0. The minimum Gasteiger partial charge on any atom is -0.314 e. The van der Waals surface area contributed by atoms with Crippen LogP contribution in [0.4, 0.5) is 0 Å². The van der Waals surface area contributed by atoms with Gasteiger partial charge in [-0.15, -0.1) is 0 Å². The second-order valence-electron chi connectivity index (χ2n) is 7.31. The highest BCUT2D eigenvalue weighted by Crippen LogP contribution is 2.22. The zero-order valence-electron chi connectivity index (χ0n) is 14.8. The summed E-state index contributed by atoms with van der Waals surface area (Å²) in [6.45, 7) is 17.0. The van der Waals surface area contributed by atoms with E-state index in [0.717, 1.165) is 19.6 Å². The van der Waals surface area contributed by atoms with Crippen molar-refractivity contribution in [2.75, 3.05) is 13.1 Å². The van der Waals surface area contributed by atoms with Crippen molar-refractivity contribution in [3.8, 4) is 0 Å². The third kappa shape index (κ3) is 6.62. The third-order valence-electron chi connectivity index (χ3n) is 4.16. The Morgan fingerprint density at radius 3 is 2.19 bits per heavy atom. The molecule has 0 amide bonds. The summed E-state index contributed by atoms with van der Waals surface area (Å²) in [7, 11) is 0. The van der Waals surface area contributed by atoms with E-state index in [4.69, 9.17) is 0 Å². The van der Waals surface area contributed by atoms with Crippen molar-refractivity contribution in [3.05, 3.63) is 35.9 Å². The van der Waals surface area contributed by atoms with Crippen LogP contribution in [0.1, 0.15) is 53.5 Å². The van der Waals surface area contributed by atoms with Gasteiger partial charge in [-0.3, -0.25) is 4.90 Å². The highest BCUT2D eigenvalue weighted by Gasteiger charge is 2.24. The third-order valence-corrected chi connectivity index (χ3v) is 4.16. The Morgan fingerprint density at radius 2 is 1.71 bits per heavy atom. The van der Waals surface area contributed by atoms with Crippen molar-refractivity contribution < 1.29 is 0 Å². The molecule has 1 N–H and O–H groups in total. The number of hydrogen-bond donors (Lipinski definition) is 1. The average molecular weight is 290 g/mol. The van der Waals surface area contributed by atoms with Gasteiger partial charge in [-0.2, -0.15) is 0 Å². The lowest BCUT2D eigenvalue weighted by Gasteiger charge is -2.35. The van der Waals surface area contributed by atoms with E-state index in [9.17, 15) is 0 Å². The molecule has 0 heterocycles. The quantitative estimate of drug-likeness (QED) is 0.767. The lowest BCUT2D eigenvalue weighted by atomic mass is 9.84. The second kappa shape index (κ2) is 8.55. The maximum Gasteiger partial charge on any atom is 0.0236 e.